The molecule has 178 valence electrons. The molecule has 2 heterocycles. The third kappa shape index (κ3) is 3.95. The molecule has 0 aromatic heterocycles. The Bertz CT molecular complexity index is 1140. The number of fused-ring (bicyclic) bond motifs is 4. The van der Waals surface area contributed by atoms with Crippen molar-refractivity contribution in [2.75, 3.05) is 27.3 Å². The third-order valence-electron chi connectivity index (χ3n) is 7.44. The van der Waals surface area contributed by atoms with Crippen LogP contribution < -0.4 is 14.8 Å². The molecule has 2 atom stereocenters. The van der Waals surface area contributed by atoms with Crippen LogP contribution in [0.15, 0.2) is 48.0 Å². The Balaban J connectivity index is 1.53. The summed E-state index contributed by atoms with van der Waals surface area (Å²) in [5, 5.41) is 3.20. The minimum atomic E-state index is -0.519. The van der Waals surface area contributed by atoms with E-state index in [0.29, 0.717) is 35.7 Å². The van der Waals surface area contributed by atoms with Crippen LogP contribution in [0.2, 0.25) is 0 Å². The van der Waals surface area contributed by atoms with Crippen LogP contribution in [0.1, 0.15) is 71.1 Å². The number of hydrogen-bond donors (Lipinski definition) is 1. The first-order valence-electron chi connectivity index (χ1n) is 12.2. The molecule has 0 spiro atoms. The number of ether oxygens (including phenoxy) is 2. The molecule has 0 saturated heterocycles. The van der Waals surface area contributed by atoms with Gasteiger partial charge in [-0.05, 0) is 67.3 Å². The maximum atomic E-state index is 13.8. The SMILES string of the molecule is COc1cc2c(cc1OC)C(C(=O)NCCC1=CCCCC1)C1c3ccccc3CCN1C2=O. The first-order chi connectivity index (χ1) is 16.6. The Morgan fingerprint density at radius 1 is 1.06 bits per heavy atom. The van der Waals surface area contributed by atoms with Gasteiger partial charge in [-0.1, -0.05) is 35.9 Å². The zero-order valence-corrected chi connectivity index (χ0v) is 19.9. The fraction of sp³-hybridized carbons (Fsp3) is 0.429. The molecule has 0 fully saturated rings. The smallest absolute Gasteiger partial charge is 0.254 e. The monoisotopic (exact) mass is 460 g/mol. The molecule has 0 radical (unpaired) electrons. The molecule has 3 aliphatic rings. The van der Waals surface area contributed by atoms with Crippen LogP contribution in [-0.4, -0.2) is 44.0 Å². The number of allylic oxidation sites excluding steroid dienone is 1. The molecular formula is C28H32N2O4. The maximum absolute atomic E-state index is 13.8. The number of carbonyl (C=O) groups is 2. The van der Waals surface area contributed by atoms with Gasteiger partial charge in [0.05, 0.1) is 26.2 Å². The second kappa shape index (κ2) is 9.53. The van der Waals surface area contributed by atoms with Gasteiger partial charge in [-0.25, -0.2) is 0 Å². The quantitative estimate of drug-likeness (QED) is 0.643. The van der Waals surface area contributed by atoms with Gasteiger partial charge in [-0.2, -0.15) is 0 Å². The number of rotatable bonds is 6. The van der Waals surface area contributed by atoms with E-state index in [0.717, 1.165) is 31.2 Å². The molecular weight excluding hydrogens is 428 g/mol. The summed E-state index contributed by atoms with van der Waals surface area (Å²) in [6.07, 6.45) is 8.72. The summed E-state index contributed by atoms with van der Waals surface area (Å²) in [4.78, 5) is 29.3. The summed E-state index contributed by atoms with van der Waals surface area (Å²) in [6, 6.07) is 11.4. The number of methoxy groups -OCH3 is 2. The second-order valence-electron chi connectivity index (χ2n) is 9.31. The molecule has 2 aliphatic heterocycles. The summed E-state index contributed by atoms with van der Waals surface area (Å²) < 4.78 is 11.0. The number of benzene rings is 2. The number of amides is 2. The average molecular weight is 461 g/mol. The lowest BCUT2D eigenvalue weighted by atomic mass is 9.75. The lowest BCUT2D eigenvalue weighted by molar-refractivity contribution is -0.124. The number of hydrogen-bond acceptors (Lipinski definition) is 4. The largest absolute Gasteiger partial charge is 0.493 e. The van der Waals surface area contributed by atoms with Gasteiger partial charge in [0.15, 0.2) is 11.5 Å². The van der Waals surface area contributed by atoms with E-state index in [-0.39, 0.29) is 17.9 Å². The minimum Gasteiger partial charge on any atom is -0.493 e. The predicted molar refractivity (Wildman–Crippen MR) is 130 cm³/mol. The summed E-state index contributed by atoms with van der Waals surface area (Å²) >= 11 is 0. The molecule has 34 heavy (non-hydrogen) atoms. The normalized spacial score (nSPS) is 21.1. The van der Waals surface area contributed by atoms with E-state index in [4.69, 9.17) is 9.47 Å². The van der Waals surface area contributed by atoms with E-state index in [2.05, 4.69) is 23.5 Å². The standard InChI is InChI=1S/C28H32N2O4/c1-33-23-16-21-22(17-24(23)34-2)28(32)30-15-13-19-10-6-7-11-20(19)26(30)25(21)27(31)29-14-12-18-8-4-3-5-9-18/h6-8,10-11,16-17,25-26H,3-5,9,12-15H2,1-2H3,(H,29,31). The Labute approximate surface area is 200 Å². The van der Waals surface area contributed by atoms with Gasteiger partial charge < -0.3 is 19.7 Å². The van der Waals surface area contributed by atoms with Crippen LogP contribution in [0.4, 0.5) is 0 Å². The fourth-order valence-corrected chi connectivity index (χ4v) is 5.72. The van der Waals surface area contributed by atoms with Crippen LogP contribution >= 0.6 is 0 Å². The average Bonchev–Trinajstić information content (AvgIpc) is 2.88. The highest BCUT2D eigenvalue weighted by molar-refractivity contribution is 6.02. The van der Waals surface area contributed by atoms with Gasteiger partial charge in [0.1, 0.15) is 0 Å². The van der Waals surface area contributed by atoms with Crippen molar-refractivity contribution in [1.82, 2.24) is 10.2 Å². The van der Waals surface area contributed by atoms with Crippen LogP contribution in [0.25, 0.3) is 0 Å². The van der Waals surface area contributed by atoms with Crippen molar-refractivity contribution in [2.24, 2.45) is 0 Å². The van der Waals surface area contributed by atoms with Crippen molar-refractivity contribution in [3.63, 3.8) is 0 Å². The molecule has 0 saturated carbocycles. The lowest BCUT2D eigenvalue weighted by Gasteiger charge is -2.45. The van der Waals surface area contributed by atoms with Crippen LogP contribution in [0, 0.1) is 0 Å². The van der Waals surface area contributed by atoms with Crippen LogP contribution in [0.5, 0.6) is 11.5 Å². The topological polar surface area (TPSA) is 67.9 Å². The van der Waals surface area contributed by atoms with E-state index < -0.39 is 5.92 Å². The Morgan fingerprint density at radius 3 is 2.62 bits per heavy atom. The van der Waals surface area contributed by atoms with E-state index in [9.17, 15) is 9.59 Å². The molecule has 1 N–H and O–H groups in total. The summed E-state index contributed by atoms with van der Waals surface area (Å²) in [5.74, 6) is 0.385. The van der Waals surface area contributed by atoms with Crippen molar-refractivity contribution in [3.8, 4) is 11.5 Å². The molecule has 6 heteroatoms. The second-order valence-corrected chi connectivity index (χ2v) is 9.31. The van der Waals surface area contributed by atoms with E-state index in [1.165, 1.54) is 24.0 Å². The Morgan fingerprint density at radius 2 is 1.85 bits per heavy atom. The molecule has 1 aliphatic carbocycles. The summed E-state index contributed by atoms with van der Waals surface area (Å²) in [6.45, 7) is 1.19. The number of nitrogens with one attached hydrogen (secondary N) is 1. The van der Waals surface area contributed by atoms with Crippen LogP contribution in [-0.2, 0) is 11.2 Å². The third-order valence-corrected chi connectivity index (χ3v) is 7.44. The van der Waals surface area contributed by atoms with Crippen molar-refractivity contribution >= 4 is 11.8 Å². The zero-order valence-electron chi connectivity index (χ0n) is 19.9. The molecule has 6 nitrogen and oxygen atoms in total. The molecule has 2 aromatic carbocycles. The molecule has 5 rings (SSSR count). The highest BCUT2D eigenvalue weighted by Gasteiger charge is 2.46. The van der Waals surface area contributed by atoms with Gasteiger partial charge >= 0.3 is 0 Å². The summed E-state index contributed by atoms with van der Waals surface area (Å²) in [5.41, 5.74) is 4.91. The first kappa shape index (κ1) is 22.5. The highest BCUT2D eigenvalue weighted by atomic mass is 16.5. The van der Waals surface area contributed by atoms with Crippen molar-refractivity contribution in [3.05, 3.63) is 70.3 Å². The van der Waals surface area contributed by atoms with Crippen LogP contribution in [0.3, 0.4) is 0 Å². The van der Waals surface area contributed by atoms with Gasteiger partial charge in [-0.3, -0.25) is 9.59 Å². The minimum absolute atomic E-state index is 0.0518. The van der Waals surface area contributed by atoms with E-state index in [1.807, 2.05) is 23.1 Å². The van der Waals surface area contributed by atoms with E-state index >= 15 is 0 Å². The summed E-state index contributed by atoms with van der Waals surface area (Å²) in [7, 11) is 3.13. The fourth-order valence-electron chi connectivity index (χ4n) is 5.72. The molecule has 2 aromatic rings. The molecule has 2 amide bonds. The Hall–Kier alpha value is -3.28. The predicted octanol–water partition coefficient (Wildman–Crippen LogP) is 4.55. The van der Waals surface area contributed by atoms with Gasteiger partial charge in [0.25, 0.3) is 5.91 Å². The molecule has 0 bridgehead atoms. The van der Waals surface area contributed by atoms with Gasteiger partial charge in [-0.15, -0.1) is 0 Å². The van der Waals surface area contributed by atoms with Crippen molar-refractivity contribution in [2.45, 2.75) is 50.5 Å². The number of nitrogens with zero attached hydrogens (tertiary/aromatic N) is 1. The maximum Gasteiger partial charge on any atom is 0.254 e. The number of carbonyl (C=O) groups excluding carboxylic acids is 2. The van der Waals surface area contributed by atoms with Gasteiger partial charge in [0.2, 0.25) is 5.91 Å². The van der Waals surface area contributed by atoms with Crippen molar-refractivity contribution in [1.29, 1.82) is 0 Å². The zero-order chi connectivity index (χ0) is 23.7. The Kier molecular flexibility index (Phi) is 6.31. The van der Waals surface area contributed by atoms with Crippen molar-refractivity contribution < 1.29 is 19.1 Å². The lowest BCUT2D eigenvalue weighted by Crippen LogP contribution is -2.50. The molecule has 2 unspecified atom stereocenters. The highest BCUT2D eigenvalue weighted by Crippen LogP contribution is 2.48. The first-order valence-corrected chi connectivity index (χ1v) is 12.2. The van der Waals surface area contributed by atoms with E-state index in [1.54, 1.807) is 20.3 Å². The van der Waals surface area contributed by atoms with Gasteiger partial charge in [0, 0.05) is 18.7 Å².